The van der Waals surface area contributed by atoms with E-state index in [-0.39, 0.29) is 0 Å². The lowest BCUT2D eigenvalue weighted by atomic mass is 10.0. The highest BCUT2D eigenvalue weighted by Crippen LogP contribution is 2.27. The molecule has 0 spiro atoms. The Morgan fingerprint density at radius 2 is 1.91 bits per heavy atom. The highest BCUT2D eigenvalue weighted by molar-refractivity contribution is 4.80. The lowest BCUT2D eigenvalue weighted by Crippen LogP contribution is -2.28. The summed E-state index contributed by atoms with van der Waals surface area (Å²) in [7, 11) is 2.08. The zero-order chi connectivity index (χ0) is 8.69. The van der Waals surface area contributed by atoms with Crippen LogP contribution in [0, 0.1) is 5.92 Å². The molecule has 0 saturated heterocycles. The van der Waals surface area contributed by atoms with E-state index in [1.165, 1.54) is 25.7 Å². The molecule has 0 aromatic carbocycles. The van der Waals surface area contributed by atoms with Gasteiger partial charge in [-0.05, 0) is 25.8 Å². The molecule has 1 N–H and O–H groups in total. The summed E-state index contributed by atoms with van der Waals surface area (Å²) in [6.45, 7) is 6.29. The van der Waals surface area contributed by atoms with Crippen LogP contribution in [0.2, 0.25) is 0 Å². The summed E-state index contributed by atoms with van der Waals surface area (Å²) in [6.07, 6.45) is 5.63. The van der Waals surface area contributed by atoms with Crippen LogP contribution in [-0.2, 0) is 0 Å². The highest BCUT2D eigenvalue weighted by atomic mass is 14.9. The van der Waals surface area contributed by atoms with E-state index in [4.69, 9.17) is 0 Å². The van der Waals surface area contributed by atoms with Gasteiger partial charge in [-0.25, -0.2) is 0 Å². The first-order valence-electron chi connectivity index (χ1n) is 5.05. The molecule has 1 saturated carbocycles. The van der Waals surface area contributed by atoms with Crippen molar-refractivity contribution in [1.29, 1.82) is 0 Å². The third-order valence-electron chi connectivity index (χ3n) is 2.55. The van der Waals surface area contributed by atoms with Gasteiger partial charge in [-0.15, -0.1) is 0 Å². The van der Waals surface area contributed by atoms with Crippen molar-refractivity contribution in [1.82, 2.24) is 5.32 Å². The van der Waals surface area contributed by atoms with E-state index in [9.17, 15) is 0 Å². The predicted molar refractivity (Wildman–Crippen MR) is 51.8 cm³/mol. The molecule has 0 aliphatic heterocycles. The molecule has 1 aliphatic rings. The van der Waals surface area contributed by atoms with Crippen LogP contribution in [0.1, 0.15) is 46.5 Å². The number of hydrogen-bond donors (Lipinski definition) is 1. The van der Waals surface area contributed by atoms with Gasteiger partial charge in [-0.2, -0.15) is 0 Å². The van der Waals surface area contributed by atoms with Crippen LogP contribution in [0.3, 0.4) is 0 Å². The van der Waals surface area contributed by atoms with Crippen LogP contribution in [0.5, 0.6) is 0 Å². The molecule has 1 heteroatoms. The van der Waals surface area contributed by atoms with Gasteiger partial charge in [-0.3, -0.25) is 0 Å². The van der Waals surface area contributed by atoms with Crippen molar-refractivity contribution in [3.8, 4) is 0 Å². The normalized spacial score (nSPS) is 29.5. The summed E-state index contributed by atoms with van der Waals surface area (Å²) in [5.41, 5.74) is 0. The zero-order valence-electron chi connectivity index (χ0n) is 8.48. The molecule has 0 heterocycles. The first-order chi connectivity index (χ1) is 5.38. The molecule has 2 atom stereocenters. The van der Waals surface area contributed by atoms with E-state index < -0.39 is 0 Å². The molecule has 0 bridgehead atoms. The predicted octanol–water partition coefficient (Wildman–Crippen LogP) is 2.81. The van der Waals surface area contributed by atoms with Gasteiger partial charge in [0.2, 0.25) is 0 Å². The van der Waals surface area contributed by atoms with Crippen molar-refractivity contribution >= 4 is 0 Å². The van der Waals surface area contributed by atoms with Crippen LogP contribution < -0.4 is 5.32 Å². The fourth-order valence-electron chi connectivity index (χ4n) is 1.91. The number of rotatable bonds is 2. The van der Waals surface area contributed by atoms with E-state index in [0.717, 1.165) is 12.0 Å². The Labute approximate surface area is 71.6 Å². The van der Waals surface area contributed by atoms with Crippen LogP contribution >= 0.6 is 0 Å². The second-order valence-electron chi connectivity index (χ2n) is 2.99. The number of hydrogen-bond acceptors (Lipinski definition) is 1. The van der Waals surface area contributed by atoms with Crippen LogP contribution in [0.15, 0.2) is 0 Å². The van der Waals surface area contributed by atoms with Gasteiger partial charge in [0.1, 0.15) is 0 Å². The molecule has 1 aliphatic carbocycles. The second-order valence-corrected chi connectivity index (χ2v) is 2.99. The Hall–Kier alpha value is -0.0400. The molecular formula is C10H23N. The maximum absolute atomic E-state index is 3.36. The van der Waals surface area contributed by atoms with Gasteiger partial charge in [0, 0.05) is 6.04 Å². The van der Waals surface area contributed by atoms with E-state index in [1.54, 1.807) is 0 Å². The van der Waals surface area contributed by atoms with Gasteiger partial charge in [0.15, 0.2) is 0 Å². The van der Waals surface area contributed by atoms with E-state index in [1.807, 2.05) is 13.8 Å². The first-order valence-corrected chi connectivity index (χ1v) is 5.05. The van der Waals surface area contributed by atoms with Crippen LogP contribution in [0.25, 0.3) is 0 Å². The molecule has 0 radical (unpaired) electrons. The smallest absolute Gasteiger partial charge is 0.00922 e. The standard InChI is InChI=1S/C8H17N.C2H6/c1-3-7-5-4-6-8(7)9-2;1-2/h7-9H,3-6H2,1-2H3;1-2H3. The van der Waals surface area contributed by atoms with Crippen molar-refractivity contribution in [2.75, 3.05) is 7.05 Å². The quantitative estimate of drug-likeness (QED) is 0.650. The molecule has 2 unspecified atom stereocenters. The summed E-state index contributed by atoms with van der Waals surface area (Å²) in [6, 6.07) is 0.829. The first kappa shape index (κ1) is 11.0. The SMILES string of the molecule is CC.CCC1CCCC1NC. The van der Waals surface area contributed by atoms with E-state index in [0.29, 0.717) is 0 Å². The van der Waals surface area contributed by atoms with Crippen molar-refractivity contribution in [2.45, 2.75) is 52.5 Å². The van der Waals surface area contributed by atoms with Gasteiger partial charge in [0.25, 0.3) is 0 Å². The molecule has 0 aromatic heterocycles. The summed E-state index contributed by atoms with van der Waals surface area (Å²) >= 11 is 0. The minimum absolute atomic E-state index is 0.829. The minimum atomic E-state index is 0.829. The van der Waals surface area contributed by atoms with Gasteiger partial charge in [-0.1, -0.05) is 33.6 Å². The maximum Gasteiger partial charge on any atom is 0.00922 e. The molecule has 0 amide bonds. The van der Waals surface area contributed by atoms with Gasteiger partial charge >= 0.3 is 0 Å². The van der Waals surface area contributed by atoms with Crippen LogP contribution in [0.4, 0.5) is 0 Å². The molecule has 68 valence electrons. The monoisotopic (exact) mass is 157 g/mol. The molecule has 1 fully saturated rings. The van der Waals surface area contributed by atoms with Crippen molar-refractivity contribution in [3.63, 3.8) is 0 Å². The lowest BCUT2D eigenvalue weighted by Gasteiger charge is -2.15. The lowest BCUT2D eigenvalue weighted by molar-refractivity contribution is 0.414. The van der Waals surface area contributed by atoms with E-state index in [2.05, 4.69) is 19.3 Å². The Balaban J connectivity index is 0.000000461. The largest absolute Gasteiger partial charge is 0.317 e. The minimum Gasteiger partial charge on any atom is -0.317 e. The topological polar surface area (TPSA) is 12.0 Å². The third kappa shape index (κ3) is 3.24. The fraction of sp³-hybridized carbons (Fsp3) is 1.00. The number of nitrogens with one attached hydrogen (secondary N) is 1. The summed E-state index contributed by atoms with van der Waals surface area (Å²) in [5, 5.41) is 3.36. The molecule has 1 nitrogen and oxygen atoms in total. The molecule has 1 rings (SSSR count). The Bertz CT molecular complexity index is 70.9. The Kier molecular flexibility index (Phi) is 6.63. The summed E-state index contributed by atoms with van der Waals surface area (Å²) < 4.78 is 0. The average Bonchev–Trinajstić information content (AvgIpc) is 2.54. The van der Waals surface area contributed by atoms with Crippen molar-refractivity contribution < 1.29 is 0 Å². The second kappa shape index (κ2) is 6.66. The van der Waals surface area contributed by atoms with Gasteiger partial charge < -0.3 is 5.32 Å². The van der Waals surface area contributed by atoms with Crippen molar-refractivity contribution in [2.24, 2.45) is 5.92 Å². The molecule has 0 aromatic rings. The zero-order valence-corrected chi connectivity index (χ0v) is 8.48. The maximum atomic E-state index is 3.36. The van der Waals surface area contributed by atoms with Gasteiger partial charge in [0.05, 0.1) is 0 Å². The Morgan fingerprint density at radius 1 is 1.27 bits per heavy atom. The third-order valence-corrected chi connectivity index (χ3v) is 2.55. The van der Waals surface area contributed by atoms with Crippen LogP contribution in [-0.4, -0.2) is 13.1 Å². The molecule has 11 heavy (non-hydrogen) atoms. The summed E-state index contributed by atoms with van der Waals surface area (Å²) in [5.74, 6) is 0.968. The average molecular weight is 157 g/mol. The summed E-state index contributed by atoms with van der Waals surface area (Å²) in [4.78, 5) is 0. The fourth-order valence-corrected chi connectivity index (χ4v) is 1.91. The van der Waals surface area contributed by atoms with Crippen molar-refractivity contribution in [3.05, 3.63) is 0 Å². The van der Waals surface area contributed by atoms with E-state index >= 15 is 0 Å². The Morgan fingerprint density at radius 3 is 2.27 bits per heavy atom. The molecular weight excluding hydrogens is 134 g/mol. The highest BCUT2D eigenvalue weighted by Gasteiger charge is 2.23.